The minimum atomic E-state index is -2.69. The molecule has 31 heavy (non-hydrogen) atoms. The van der Waals surface area contributed by atoms with Gasteiger partial charge in [0.2, 0.25) is 5.95 Å². The Morgan fingerprint density at radius 3 is 2.68 bits per heavy atom. The van der Waals surface area contributed by atoms with Crippen molar-refractivity contribution in [3.8, 4) is 0 Å². The monoisotopic (exact) mass is 432 g/mol. The maximum Gasteiger partial charge on any atom is 0.416 e. The van der Waals surface area contributed by atoms with Crippen LogP contribution in [0.15, 0.2) is 30.5 Å². The summed E-state index contributed by atoms with van der Waals surface area (Å²) in [5, 5.41) is 6.54. The molecule has 3 heterocycles. The van der Waals surface area contributed by atoms with Gasteiger partial charge in [-0.25, -0.2) is 18.6 Å². The Morgan fingerprint density at radius 1 is 1.23 bits per heavy atom. The first-order valence-electron chi connectivity index (χ1n) is 10.4. The zero-order chi connectivity index (χ0) is 21.8. The van der Waals surface area contributed by atoms with E-state index in [1.807, 2.05) is 6.92 Å². The molecule has 0 radical (unpaired) electrons. The number of amides is 1. The third-order valence-corrected chi connectivity index (χ3v) is 5.43. The summed E-state index contributed by atoms with van der Waals surface area (Å²) >= 11 is 0. The number of aromatic nitrogens is 2. The molecule has 2 aliphatic heterocycles. The van der Waals surface area contributed by atoms with Gasteiger partial charge in [-0.3, -0.25) is 9.80 Å². The molecule has 10 heteroatoms. The van der Waals surface area contributed by atoms with Crippen molar-refractivity contribution in [2.24, 2.45) is 0 Å². The van der Waals surface area contributed by atoms with Gasteiger partial charge in [-0.05, 0) is 18.1 Å². The largest absolute Gasteiger partial charge is 0.444 e. The van der Waals surface area contributed by atoms with E-state index in [9.17, 15) is 13.6 Å². The van der Waals surface area contributed by atoms with Crippen LogP contribution >= 0.6 is 0 Å². The second kappa shape index (κ2) is 9.52. The number of piperazine rings is 1. The molecular formula is C21H26F2N6O2. The normalized spacial score (nSPS) is 17.9. The number of hydrogen-bond acceptors (Lipinski definition) is 7. The number of carbonyl (C=O) groups is 1. The molecule has 1 fully saturated rings. The van der Waals surface area contributed by atoms with Gasteiger partial charge >= 0.3 is 6.09 Å². The van der Waals surface area contributed by atoms with Gasteiger partial charge in [0.1, 0.15) is 12.4 Å². The van der Waals surface area contributed by atoms with Crippen molar-refractivity contribution in [1.82, 2.24) is 20.2 Å². The molecular weight excluding hydrogens is 406 g/mol. The summed E-state index contributed by atoms with van der Waals surface area (Å²) in [6.07, 6.45) is -2.02. The van der Waals surface area contributed by atoms with Crippen molar-refractivity contribution in [2.45, 2.75) is 32.5 Å². The van der Waals surface area contributed by atoms with Crippen LogP contribution in [0, 0.1) is 0 Å². The highest BCUT2D eigenvalue weighted by atomic mass is 19.3. The first-order valence-corrected chi connectivity index (χ1v) is 10.4. The molecule has 0 spiro atoms. The number of fused-ring (bicyclic) bond motifs is 1. The van der Waals surface area contributed by atoms with Crippen molar-refractivity contribution < 1.29 is 18.3 Å². The highest BCUT2D eigenvalue weighted by molar-refractivity contribution is 5.89. The zero-order valence-corrected chi connectivity index (χ0v) is 17.4. The number of nitrogens with zero attached hydrogens (tertiary/aromatic N) is 4. The van der Waals surface area contributed by atoms with Crippen molar-refractivity contribution in [1.29, 1.82) is 0 Å². The number of halogens is 2. The van der Waals surface area contributed by atoms with E-state index in [1.54, 1.807) is 0 Å². The molecule has 1 saturated heterocycles. The lowest BCUT2D eigenvalue weighted by Crippen LogP contribution is -2.42. The summed E-state index contributed by atoms with van der Waals surface area (Å²) in [7, 11) is 0. The van der Waals surface area contributed by atoms with Gasteiger partial charge in [0.05, 0.1) is 18.2 Å². The minimum Gasteiger partial charge on any atom is -0.444 e. The van der Waals surface area contributed by atoms with Crippen molar-refractivity contribution in [3.05, 3.63) is 47.2 Å². The summed E-state index contributed by atoms with van der Waals surface area (Å²) in [6, 6.07) is 8.25. The van der Waals surface area contributed by atoms with Gasteiger partial charge in [0.15, 0.2) is 0 Å². The molecule has 1 aromatic heterocycles. The Kier molecular flexibility index (Phi) is 6.57. The minimum absolute atomic E-state index is 0.0295. The van der Waals surface area contributed by atoms with Crippen LogP contribution in [-0.2, 0) is 17.9 Å². The quantitative estimate of drug-likeness (QED) is 0.696. The zero-order valence-electron chi connectivity index (χ0n) is 17.4. The summed E-state index contributed by atoms with van der Waals surface area (Å²) in [5.74, 6) is 0.428. The number of ether oxygens (including phenoxy) is 1. The predicted molar refractivity (Wildman–Crippen MR) is 112 cm³/mol. The van der Waals surface area contributed by atoms with E-state index in [0.717, 1.165) is 43.2 Å². The highest BCUT2D eigenvalue weighted by Crippen LogP contribution is 2.27. The molecule has 1 atom stereocenters. The number of carbonyl (C=O) groups excluding carboxylic acids is 1. The maximum atomic E-state index is 12.9. The topological polar surface area (TPSA) is 82.6 Å². The average Bonchev–Trinajstić information content (AvgIpc) is 2.77. The van der Waals surface area contributed by atoms with Crippen LogP contribution in [0.1, 0.15) is 29.7 Å². The molecule has 1 aromatic carbocycles. The molecule has 1 amide bonds. The fourth-order valence-electron chi connectivity index (χ4n) is 3.72. The van der Waals surface area contributed by atoms with E-state index in [-0.39, 0.29) is 24.4 Å². The van der Waals surface area contributed by atoms with Crippen LogP contribution in [0.2, 0.25) is 0 Å². The molecule has 0 aliphatic carbocycles. The van der Waals surface area contributed by atoms with Crippen molar-refractivity contribution in [2.75, 3.05) is 42.9 Å². The summed E-state index contributed by atoms with van der Waals surface area (Å²) in [5.41, 5.74) is 2.80. The predicted octanol–water partition coefficient (Wildman–Crippen LogP) is 2.78. The smallest absolute Gasteiger partial charge is 0.416 e. The van der Waals surface area contributed by atoms with Crippen molar-refractivity contribution in [3.63, 3.8) is 0 Å². The summed E-state index contributed by atoms with van der Waals surface area (Å²) in [4.78, 5) is 23.7. The number of rotatable bonds is 7. The molecule has 2 aliphatic rings. The lowest BCUT2D eigenvalue weighted by molar-refractivity contribution is 0.122. The number of anilines is 2. The summed E-state index contributed by atoms with van der Waals surface area (Å²) in [6.45, 7) is 6.23. The Hall–Kier alpha value is -2.85. The van der Waals surface area contributed by atoms with Gasteiger partial charge < -0.3 is 15.4 Å². The van der Waals surface area contributed by atoms with E-state index >= 15 is 0 Å². The van der Waals surface area contributed by atoms with Crippen LogP contribution in [0.5, 0.6) is 0 Å². The number of alkyl halides is 2. The fraction of sp³-hybridized carbons (Fsp3) is 0.476. The molecule has 166 valence electrons. The number of hydrogen-bond donors (Lipinski definition) is 2. The Balaban J connectivity index is 1.43. The number of cyclic esters (lactones) is 1. The Morgan fingerprint density at radius 2 is 1.97 bits per heavy atom. The van der Waals surface area contributed by atoms with Crippen LogP contribution in [0.3, 0.4) is 0 Å². The van der Waals surface area contributed by atoms with Gasteiger partial charge in [-0.15, -0.1) is 0 Å². The van der Waals surface area contributed by atoms with E-state index in [4.69, 9.17) is 4.74 Å². The molecule has 0 bridgehead atoms. The lowest BCUT2D eigenvalue weighted by atomic mass is 10.1. The lowest BCUT2D eigenvalue weighted by Gasteiger charge is -2.28. The molecule has 0 unspecified atom stereocenters. The van der Waals surface area contributed by atoms with Gasteiger partial charge in [-0.1, -0.05) is 24.3 Å². The average molecular weight is 432 g/mol. The van der Waals surface area contributed by atoms with Crippen LogP contribution in [-0.4, -0.2) is 60.1 Å². The first kappa shape index (κ1) is 21.4. The SMILES string of the molecule is C[C@H](Nc1ncc2c(n1)N(CC(F)F)C(=O)OC2)c1ccc(CN2CCNCC2)cc1. The van der Waals surface area contributed by atoms with Crippen LogP contribution in [0.25, 0.3) is 0 Å². The first-order chi connectivity index (χ1) is 15.0. The molecule has 2 N–H and O–H groups in total. The van der Waals surface area contributed by atoms with Gasteiger partial charge in [-0.2, -0.15) is 4.98 Å². The van der Waals surface area contributed by atoms with Gasteiger partial charge in [0.25, 0.3) is 6.43 Å². The number of nitrogens with one attached hydrogen (secondary N) is 2. The second-order valence-electron chi connectivity index (χ2n) is 7.73. The van der Waals surface area contributed by atoms with Crippen LogP contribution in [0.4, 0.5) is 25.3 Å². The second-order valence-corrected chi connectivity index (χ2v) is 7.73. The molecule has 8 nitrogen and oxygen atoms in total. The van der Waals surface area contributed by atoms with E-state index < -0.39 is 19.1 Å². The standard InChI is InChI=1S/C21H26F2N6O2/c1-14(16-4-2-15(3-5-16)11-28-8-6-24-7-9-28)26-20-25-10-17-13-31-21(30)29(12-18(22)23)19(17)27-20/h2-5,10,14,18,24H,6-9,11-13H2,1H3,(H,25,26,27)/t14-/m0/s1. The third-order valence-electron chi connectivity index (χ3n) is 5.43. The molecule has 4 rings (SSSR count). The van der Waals surface area contributed by atoms with Gasteiger partial charge in [0, 0.05) is 38.9 Å². The molecule has 0 saturated carbocycles. The van der Waals surface area contributed by atoms with E-state index in [2.05, 4.69) is 49.8 Å². The maximum absolute atomic E-state index is 12.9. The molecule has 2 aromatic rings. The highest BCUT2D eigenvalue weighted by Gasteiger charge is 2.30. The summed E-state index contributed by atoms with van der Waals surface area (Å²) < 4.78 is 30.7. The van der Waals surface area contributed by atoms with Crippen LogP contribution < -0.4 is 15.5 Å². The number of benzene rings is 1. The Bertz CT molecular complexity index is 905. The fourth-order valence-corrected chi connectivity index (χ4v) is 3.72. The third kappa shape index (κ3) is 5.26. The van der Waals surface area contributed by atoms with E-state index in [1.165, 1.54) is 11.8 Å². The Labute approximate surface area is 179 Å². The van der Waals surface area contributed by atoms with Crippen molar-refractivity contribution >= 4 is 17.9 Å². The van der Waals surface area contributed by atoms with E-state index in [0.29, 0.717) is 5.56 Å².